The Kier molecular flexibility index (Phi) is 6.53. The summed E-state index contributed by atoms with van der Waals surface area (Å²) in [5, 5.41) is 10.3. The van der Waals surface area contributed by atoms with Crippen LogP contribution in [-0.4, -0.2) is 18.8 Å². The van der Waals surface area contributed by atoms with E-state index in [1.165, 1.54) is 0 Å². The number of methoxy groups -OCH3 is 2. The Labute approximate surface area is 202 Å². The molecular formula is C26H24ClN3O4. The summed E-state index contributed by atoms with van der Waals surface area (Å²) in [6, 6.07) is 16.7. The van der Waals surface area contributed by atoms with Crippen LogP contribution in [0.25, 0.3) is 0 Å². The summed E-state index contributed by atoms with van der Waals surface area (Å²) in [4.78, 5) is 13.8. The minimum Gasteiger partial charge on any atom is -0.493 e. The monoisotopic (exact) mass is 477 g/mol. The van der Waals surface area contributed by atoms with E-state index in [-0.39, 0.29) is 17.0 Å². The van der Waals surface area contributed by atoms with Gasteiger partial charge in [-0.1, -0.05) is 35.9 Å². The maximum absolute atomic E-state index is 13.8. The van der Waals surface area contributed by atoms with Crippen molar-refractivity contribution in [2.75, 3.05) is 14.2 Å². The third kappa shape index (κ3) is 4.09. The molecule has 34 heavy (non-hydrogen) atoms. The van der Waals surface area contributed by atoms with Crippen LogP contribution in [0.1, 0.15) is 28.3 Å². The molecule has 2 heterocycles. The van der Waals surface area contributed by atoms with Crippen LogP contribution in [0.4, 0.5) is 0 Å². The van der Waals surface area contributed by atoms with E-state index in [0.717, 1.165) is 11.3 Å². The molecule has 1 aliphatic heterocycles. The van der Waals surface area contributed by atoms with Crippen molar-refractivity contribution in [3.05, 3.63) is 97.7 Å². The molecule has 1 aliphatic rings. The van der Waals surface area contributed by atoms with Gasteiger partial charge >= 0.3 is 0 Å². The zero-order valence-electron chi connectivity index (χ0n) is 19.1. The number of fused-ring (bicyclic) bond motifs is 1. The maximum Gasteiger partial charge on any atom is 0.258 e. The van der Waals surface area contributed by atoms with Crippen LogP contribution in [0.3, 0.4) is 0 Å². The molecule has 3 aromatic rings. The average Bonchev–Trinajstić information content (AvgIpc) is 2.83. The van der Waals surface area contributed by atoms with Gasteiger partial charge in [-0.2, -0.15) is 5.26 Å². The third-order valence-electron chi connectivity index (χ3n) is 5.98. The zero-order valence-corrected chi connectivity index (χ0v) is 19.8. The van der Waals surface area contributed by atoms with Crippen molar-refractivity contribution in [1.29, 1.82) is 5.26 Å². The number of allylic oxidation sites excluding steroid dienone is 1. The number of aryl methyl sites for hydroxylation is 2. The third-order valence-corrected chi connectivity index (χ3v) is 6.32. The number of nitrogens with two attached hydrogens (primary N) is 1. The van der Waals surface area contributed by atoms with Gasteiger partial charge in [-0.3, -0.25) is 4.79 Å². The molecule has 1 atom stereocenters. The minimum atomic E-state index is -0.720. The molecule has 0 spiro atoms. The number of benzene rings is 2. The molecule has 174 valence electrons. The number of halogens is 1. The van der Waals surface area contributed by atoms with Crippen LogP contribution in [0.5, 0.6) is 17.2 Å². The van der Waals surface area contributed by atoms with Crippen molar-refractivity contribution in [3.63, 3.8) is 0 Å². The fourth-order valence-corrected chi connectivity index (χ4v) is 4.51. The Morgan fingerprint density at radius 1 is 1.15 bits per heavy atom. The summed E-state index contributed by atoms with van der Waals surface area (Å²) in [5.41, 5.74) is 8.65. The molecule has 0 bridgehead atoms. The minimum absolute atomic E-state index is 0.0261. The van der Waals surface area contributed by atoms with Crippen LogP contribution in [0, 0.1) is 18.3 Å². The highest BCUT2D eigenvalue weighted by atomic mass is 35.5. The molecular weight excluding hydrogens is 454 g/mol. The Bertz CT molecular complexity index is 1390. The molecule has 7 nitrogen and oxygen atoms in total. The summed E-state index contributed by atoms with van der Waals surface area (Å²) in [6.07, 6.45) is 0.584. The zero-order chi connectivity index (χ0) is 24.4. The number of ether oxygens (including phenoxy) is 3. The van der Waals surface area contributed by atoms with Gasteiger partial charge in [0.05, 0.1) is 25.7 Å². The second-order valence-electron chi connectivity index (χ2n) is 7.91. The van der Waals surface area contributed by atoms with E-state index in [1.54, 1.807) is 43.1 Å². The van der Waals surface area contributed by atoms with Gasteiger partial charge in [-0.25, -0.2) is 0 Å². The predicted molar refractivity (Wildman–Crippen MR) is 129 cm³/mol. The molecule has 0 unspecified atom stereocenters. The van der Waals surface area contributed by atoms with Crippen LogP contribution in [0.2, 0.25) is 5.02 Å². The molecule has 0 radical (unpaired) electrons. The Hall–Kier alpha value is -3.89. The molecule has 0 fully saturated rings. The lowest BCUT2D eigenvalue weighted by Gasteiger charge is -2.28. The molecule has 0 amide bonds. The van der Waals surface area contributed by atoms with Gasteiger partial charge in [-0.15, -0.1) is 0 Å². The number of hydrogen-bond donors (Lipinski definition) is 1. The van der Waals surface area contributed by atoms with E-state index < -0.39 is 5.92 Å². The first-order chi connectivity index (χ1) is 16.4. The first kappa shape index (κ1) is 23.3. The fraction of sp³-hybridized carbons (Fsp3) is 0.231. The first-order valence-electron chi connectivity index (χ1n) is 10.7. The highest BCUT2D eigenvalue weighted by Crippen LogP contribution is 2.42. The fourth-order valence-electron chi connectivity index (χ4n) is 4.26. The predicted octanol–water partition coefficient (Wildman–Crippen LogP) is 4.29. The molecule has 8 heteroatoms. The number of hydrogen-bond acceptors (Lipinski definition) is 6. The van der Waals surface area contributed by atoms with Crippen LogP contribution < -0.4 is 25.5 Å². The molecule has 4 rings (SSSR count). The van der Waals surface area contributed by atoms with Crippen molar-refractivity contribution in [3.8, 4) is 23.3 Å². The largest absolute Gasteiger partial charge is 0.493 e. The lowest BCUT2D eigenvalue weighted by atomic mass is 9.84. The second kappa shape index (κ2) is 9.54. The van der Waals surface area contributed by atoms with Crippen molar-refractivity contribution in [2.24, 2.45) is 5.73 Å². The maximum atomic E-state index is 13.8. The summed E-state index contributed by atoms with van der Waals surface area (Å²) in [5.74, 6) is 0.860. The molecule has 2 N–H and O–H groups in total. The highest BCUT2D eigenvalue weighted by molar-refractivity contribution is 6.31. The van der Waals surface area contributed by atoms with Gasteiger partial charge in [0.1, 0.15) is 17.4 Å². The van der Waals surface area contributed by atoms with Gasteiger partial charge in [-0.05, 0) is 42.7 Å². The van der Waals surface area contributed by atoms with Crippen molar-refractivity contribution in [2.45, 2.75) is 25.8 Å². The molecule has 0 saturated carbocycles. The van der Waals surface area contributed by atoms with E-state index in [4.69, 9.17) is 31.5 Å². The van der Waals surface area contributed by atoms with Crippen LogP contribution in [0.15, 0.2) is 64.8 Å². The normalized spacial score (nSPS) is 14.7. The SMILES string of the molecule is COc1ccc(CCn2c(C)cc3c(c2=O)[C@H](c2ccccc2Cl)C(C#N)=C(N)O3)cc1OC. The number of nitriles is 1. The smallest absolute Gasteiger partial charge is 0.258 e. The molecule has 0 saturated heterocycles. The number of rotatable bonds is 6. The number of pyridine rings is 1. The van der Waals surface area contributed by atoms with Crippen LogP contribution in [-0.2, 0) is 13.0 Å². The van der Waals surface area contributed by atoms with Gasteiger partial charge in [0, 0.05) is 23.3 Å². The number of nitrogens with zero attached hydrogens (tertiary/aromatic N) is 2. The second-order valence-corrected chi connectivity index (χ2v) is 8.31. The molecule has 1 aromatic heterocycles. The van der Waals surface area contributed by atoms with E-state index in [0.29, 0.717) is 46.4 Å². The lowest BCUT2D eigenvalue weighted by molar-refractivity contribution is 0.354. The Morgan fingerprint density at radius 2 is 1.88 bits per heavy atom. The summed E-state index contributed by atoms with van der Waals surface area (Å²) in [7, 11) is 3.17. The summed E-state index contributed by atoms with van der Waals surface area (Å²) in [6.45, 7) is 2.26. The number of aromatic nitrogens is 1. The highest BCUT2D eigenvalue weighted by Gasteiger charge is 2.35. The quantitative estimate of drug-likeness (QED) is 0.568. The Morgan fingerprint density at radius 3 is 2.56 bits per heavy atom. The van der Waals surface area contributed by atoms with E-state index >= 15 is 0 Å². The topological polar surface area (TPSA) is 99.5 Å². The van der Waals surface area contributed by atoms with Crippen molar-refractivity contribution in [1.82, 2.24) is 4.57 Å². The van der Waals surface area contributed by atoms with E-state index in [9.17, 15) is 10.1 Å². The first-order valence-corrected chi connectivity index (χ1v) is 11.0. The summed E-state index contributed by atoms with van der Waals surface area (Å²) >= 11 is 6.47. The standard InChI is InChI=1S/C26H24ClN3O4/c1-15-12-22-24(23(18(14-28)25(29)34-22)17-6-4-5-7-19(17)27)26(31)30(15)11-10-16-8-9-20(32-2)21(13-16)33-3/h4-9,12-13,23H,10-11,29H2,1-3H3/t23-/m1/s1. The average molecular weight is 478 g/mol. The van der Waals surface area contributed by atoms with Crippen molar-refractivity contribution >= 4 is 11.6 Å². The molecule has 0 aliphatic carbocycles. The van der Waals surface area contributed by atoms with Gasteiger partial charge in [0.2, 0.25) is 5.88 Å². The lowest BCUT2D eigenvalue weighted by Crippen LogP contribution is -2.33. The van der Waals surface area contributed by atoms with Gasteiger partial charge < -0.3 is 24.5 Å². The van der Waals surface area contributed by atoms with Crippen LogP contribution >= 0.6 is 11.6 Å². The van der Waals surface area contributed by atoms with Crippen molar-refractivity contribution < 1.29 is 14.2 Å². The van der Waals surface area contributed by atoms with Gasteiger partial charge in [0.15, 0.2) is 11.5 Å². The van der Waals surface area contributed by atoms with E-state index in [1.807, 2.05) is 31.2 Å². The van der Waals surface area contributed by atoms with E-state index in [2.05, 4.69) is 6.07 Å². The summed E-state index contributed by atoms with van der Waals surface area (Å²) < 4.78 is 18.1. The Balaban J connectivity index is 1.78. The van der Waals surface area contributed by atoms with Gasteiger partial charge in [0.25, 0.3) is 5.56 Å². The molecule has 2 aromatic carbocycles.